The highest BCUT2D eigenvalue weighted by Gasteiger charge is 2.44. The van der Waals surface area contributed by atoms with E-state index < -0.39 is 5.92 Å². The maximum atomic E-state index is 12.8. The zero-order valence-corrected chi connectivity index (χ0v) is 14.9. The lowest BCUT2D eigenvalue weighted by molar-refractivity contribution is -0.139. The summed E-state index contributed by atoms with van der Waals surface area (Å²) in [7, 11) is 0. The van der Waals surface area contributed by atoms with Crippen LogP contribution in [-0.4, -0.2) is 18.4 Å². The van der Waals surface area contributed by atoms with Crippen LogP contribution in [0.5, 0.6) is 0 Å². The first-order valence-electron chi connectivity index (χ1n) is 9.15. The Labute approximate surface area is 154 Å². The van der Waals surface area contributed by atoms with Gasteiger partial charge in [-0.25, -0.2) is 5.43 Å². The first kappa shape index (κ1) is 18.1. The molecule has 1 aliphatic rings. The van der Waals surface area contributed by atoms with Gasteiger partial charge in [-0.2, -0.15) is 0 Å². The van der Waals surface area contributed by atoms with E-state index in [1.807, 2.05) is 60.7 Å². The standard InChI is InChI=1S/C21H25N3O2/c1-2-3-14-22-20(25)18-17(15-10-6-4-7-11-15)19(23-24-21(18)26)16-12-8-5-9-13-16/h4-13,17-19,23H,2-3,14H2,1H3,(H,22,25)(H,24,26). The van der Waals surface area contributed by atoms with Crippen LogP contribution in [0.25, 0.3) is 0 Å². The lowest BCUT2D eigenvalue weighted by Crippen LogP contribution is -2.57. The van der Waals surface area contributed by atoms with Crippen LogP contribution in [0.15, 0.2) is 60.7 Å². The Kier molecular flexibility index (Phi) is 6.02. The van der Waals surface area contributed by atoms with Gasteiger partial charge in [-0.15, -0.1) is 0 Å². The highest BCUT2D eigenvalue weighted by Crippen LogP contribution is 2.39. The fourth-order valence-corrected chi connectivity index (χ4v) is 3.46. The molecule has 0 aromatic heterocycles. The molecule has 26 heavy (non-hydrogen) atoms. The number of hydrogen-bond donors (Lipinski definition) is 3. The number of rotatable bonds is 6. The van der Waals surface area contributed by atoms with Crippen molar-refractivity contribution in [2.24, 2.45) is 5.92 Å². The van der Waals surface area contributed by atoms with E-state index in [-0.39, 0.29) is 23.8 Å². The highest BCUT2D eigenvalue weighted by molar-refractivity contribution is 6.01. The molecule has 0 spiro atoms. The zero-order chi connectivity index (χ0) is 18.4. The van der Waals surface area contributed by atoms with Crippen molar-refractivity contribution < 1.29 is 9.59 Å². The average molecular weight is 351 g/mol. The Balaban J connectivity index is 1.96. The number of amides is 2. The van der Waals surface area contributed by atoms with Crippen LogP contribution in [0.1, 0.15) is 42.9 Å². The largest absolute Gasteiger partial charge is 0.355 e. The number of nitrogens with one attached hydrogen (secondary N) is 3. The van der Waals surface area contributed by atoms with Crippen LogP contribution in [0, 0.1) is 5.92 Å². The number of carbonyl (C=O) groups excluding carboxylic acids is 2. The molecule has 1 heterocycles. The van der Waals surface area contributed by atoms with Crippen LogP contribution >= 0.6 is 0 Å². The van der Waals surface area contributed by atoms with Crippen molar-refractivity contribution in [2.45, 2.75) is 31.7 Å². The van der Waals surface area contributed by atoms with Crippen LogP contribution < -0.4 is 16.2 Å². The van der Waals surface area contributed by atoms with E-state index in [9.17, 15) is 9.59 Å². The summed E-state index contributed by atoms with van der Waals surface area (Å²) in [6.45, 7) is 2.66. The minimum Gasteiger partial charge on any atom is -0.355 e. The van der Waals surface area contributed by atoms with Gasteiger partial charge in [-0.05, 0) is 17.5 Å². The third kappa shape index (κ3) is 3.94. The molecule has 2 aromatic rings. The fourth-order valence-electron chi connectivity index (χ4n) is 3.46. The third-order valence-electron chi connectivity index (χ3n) is 4.81. The van der Waals surface area contributed by atoms with Gasteiger partial charge >= 0.3 is 0 Å². The SMILES string of the molecule is CCCCNC(=O)C1C(=O)NNC(c2ccccc2)C1c1ccccc1. The predicted octanol–water partition coefficient (Wildman–Crippen LogP) is 2.68. The van der Waals surface area contributed by atoms with Crippen LogP contribution in [0.2, 0.25) is 0 Å². The molecular formula is C21H25N3O2. The number of carbonyl (C=O) groups is 2. The van der Waals surface area contributed by atoms with Crippen molar-refractivity contribution in [1.29, 1.82) is 0 Å². The molecule has 1 fully saturated rings. The minimum absolute atomic E-state index is 0.182. The van der Waals surface area contributed by atoms with Gasteiger partial charge in [-0.1, -0.05) is 74.0 Å². The molecule has 0 aliphatic carbocycles. The Morgan fingerprint density at radius 2 is 1.62 bits per heavy atom. The molecule has 1 saturated heterocycles. The molecule has 2 amide bonds. The van der Waals surface area contributed by atoms with Crippen molar-refractivity contribution in [1.82, 2.24) is 16.2 Å². The Morgan fingerprint density at radius 3 is 2.23 bits per heavy atom. The normalized spacial score (nSPS) is 22.5. The fraction of sp³-hybridized carbons (Fsp3) is 0.333. The zero-order valence-electron chi connectivity index (χ0n) is 14.9. The van der Waals surface area contributed by atoms with E-state index in [4.69, 9.17) is 0 Å². The van der Waals surface area contributed by atoms with Gasteiger partial charge < -0.3 is 5.32 Å². The van der Waals surface area contributed by atoms with Crippen molar-refractivity contribution in [2.75, 3.05) is 6.54 Å². The quantitative estimate of drug-likeness (QED) is 0.554. The minimum atomic E-state index is -0.777. The monoisotopic (exact) mass is 351 g/mol. The molecule has 0 bridgehead atoms. The number of hydrazine groups is 1. The first-order valence-corrected chi connectivity index (χ1v) is 9.15. The van der Waals surface area contributed by atoms with E-state index in [0.29, 0.717) is 6.54 Å². The van der Waals surface area contributed by atoms with Crippen molar-refractivity contribution in [3.63, 3.8) is 0 Å². The summed E-state index contributed by atoms with van der Waals surface area (Å²) < 4.78 is 0. The van der Waals surface area contributed by atoms with Crippen molar-refractivity contribution in [3.05, 3.63) is 71.8 Å². The maximum absolute atomic E-state index is 12.8. The lowest BCUT2D eigenvalue weighted by atomic mass is 9.76. The van der Waals surface area contributed by atoms with Gasteiger partial charge in [-0.3, -0.25) is 15.0 Å². The van der Waals surface area contributed by atoms with Gasteiger partial charge in [0, 0.05) is 12.5 Å². The summed E-state index contributed by atoms with van der Waals surface area (Å²) in [4.78, 5) is 25.4. The number of unbranched alkanes of at least 4 members (excludes halogenated alkanes) is 1. The third-order valence-corrected chi connectivity index (χ3v) is 4.81. The van der Waals surface area contributed by atoms with Gasteiger partial charge in [0.15, 0.2) is 0 Å². The molecule has 3 atom stereocenters. The summed E-state index contributed by atoms with van der Waals surface area (Å²) in [6.07, 6.45) is 1.89. The number of hydrogen-bond acceptors (Lipinski definition) is 3. The predicted molar refractivity (Wildman–Crippen MR) is 101 cm³/mol. The van der Waals surface area contributed by atoms with Gasteiger partial charge in [0.25, 0.3) is 0 Å². The van der Waals surface area contributed by atoms with E-state index in [2.05, 4.69) is 23.1 Å². The average Bonchev–Trinajstić information content (AvgIpc) is 2.69. The first-order chi connectivity index (χ1) is 12.7. The molecule has 0 saturated carbocycles. The Hall–Kier alpha value is -2.66. The molecule has 2 aromatic carbocycles. The summed E-state index contributed by atoms with van der Waals surface area (Å²) in [5, 5.41) is 2.93. The topological polar surface area (TPSA) is 70.2 Å². The van der Waals surface area contributed by atoms with Crippen LogP contribution in [-0.2, 0) is 9.59 Å². The van der Waals surface area contributed by atoms with Gasteiger partial charge in [0.05, 0.1) is 6.04 Å². The molecular weight excluding hydrogens is 326 g/mol. The molecule has 5 heteroatoms. The highest BCUT2D eigenvalue weighted by atomic mass is 16.2. The van der Waals surface area contributed by atoms with Crippen LogP contribution in [0.4, 0.5) is 0 Å². The second kappa shape index (κ2) is 8.63. The molecule has 3 rings (SSSR count). The van der Waals surface area contributed by atoms with Crippen molar-refractivity contribution in [3.8, 4) is 0 Å². The van der Waals surface area contributed by atoms with Gasteiger partial charge in [0.2, 0.25) is 11.8 Å². The van der Waals surface area contributed by atoms with E-state index in [1.165, 1.54) is 0 Å². The summed E-state index contributed by atoms with van der Waals surface area (Å²) in [6, 6.07) is 19.5. The maximum Gasteiger partial charge on any atom is 0.247 e. The Bertz CT molecular complexity index is 733. The lowest BCUT2D eigenvalue weighted by Gasteiger charge is -2.38. The smallest absolute Gasteiger partial charge is 0.247 e. The molecule has 1 aliphatic heterocycles. The molecule has 0 radical (unpaired) electrons. The number of benzene rings is 2. The summed E-state index contributed by atoms with van der Waals surface area (Å²) >= 11 is 0. The summed E-state index contributed by atoms with van der Waals surface area (Å²) in [5.74, 6) is -1.57. The molecule has 3 N–H and O–H groups in total. The molecule has 5 nitrogen and oxygen atoms in total. The van der Waals surface area contributed by atoms with E-state index in [0.717, 1.165) is 24.0 Å². The van der Waals surface area contributed by atoms with E-state index >= 15 is 0 Å². The van der Waals surface area contributed by atoms with Gasteiger partial charge in [0.1, 0.15) is 5.92 Å². The summed E-state index contributed by atoms with van der Waals surface area (Å²) in [5.41, 5.74) is 7.81. The Morgan fingerprint density at radius 1 is 1.00 bits per heavy atom. The second-order valence-electron chi connectivity index (χ2n) is 6.58. The second-order valence-corrected chi connectivity index (χ2v) is 6.58. The molecule has 136 valence electrons. The molecule has 3 unspecified atom stereocenters. The van der Waals surface area contributed by atoms with Crippen LogP contribution in [0.3, 0.4) is 0 Å². The van der Waals surface area contributed by atoms with E-state index in [1.54, 1.807) is 0 Å². The van der Waals surface area contributed by atoms with Crippen molar-refractivity contribution >= 4 is 11.8 Å².